The maximum absolute atomic E-state index is 8.60. The predicted octanol–water partition coefficient (Wildman–Crippen LogP) is 6.01. The molecule has 0 unspecified atom stereocenters. The molecule has 0 radical (unpaired) electrons. The molecule has 4 aromatic rings. The lowest BCUT2D eigenvalue weighted by Crippen LogP contribution is -2.28. The second kappa shape index (κ2) is 8.39. The predicted molar refractivity (Wildman–Crippen MR) is 131 cm³/mol. The van der Waals surface area contributed by atoms with Crippen molar-refractivity contribution in [1.29, 1.82) is 0 Å². The summed E-state index contributed by atoms with van der Waals surface area (Å²) in [6.45, 7) is 0.543. The average molecular weight is 452 g/mol. The Morgan fingerprint density at radius 2 is 2.00 bits per heavy atom. The van der Waals surface area contributed by atoms with Gasteiger partial charge in [-0.3, -0.25) is 0 Å². The van der Waals surface area contributed by atoms with Gasteiger partial charge in [0, 0.05) is 29.3 Å². The van der Waals surface area contributed by atoms with Crippen molar-refractivity contribution in [3.8, 4) is 16.9 Å². The molecule has 0 bridgehead atoms. The molecule has 2 aromatic heterocycles. The molecule has 170 valence electrons. The fourth-order valence-electron chi connectivity index (χ4n) is 5.27. The number of anilines is 1. The van der Waals surface area contributed by atoms with Crippen molar-refractivity contribution in [2.24, 2.45) is 11.0 Å². The molecule has 0 amide bonds. The van der Waals surface area contributed by atoms with E-state index in [0.29, 0.717) is 24.3 Å². The van der Waals surface area contributed by atoms with Crippen LogP contribution in [0.2, 0.25) is 0 Å². The number of nitrogens with zero attached hydrogens (tertiary/aromatic N) is 6. The lowest BCUT2D eigenvalue weighted by molar-refractivity contribution is 0.177. The summed E-state index contributed by atoms with van der Waals surface area (Å²) >= 11 is 0. The minimum atomic E-state index is 0.0571. The summed E-state index contributed by atoms with van der Waals surface area (Å²) in [4.78, 5) is 11.7. The SMILES string of the molecule is [N-]=[N+]=NCC1CC(n2cc(-c3ccc4c(c3)O[C@@H](c3ccccc3)CC4)c3c(N)ncnc32)C1. The molecule has 2 aliphatic rings. The Balaban J connectivity index is 1.36. The van der Waals surface area contributed by atoms with Gasteiger partial charge in [-0.05, 0) is 59.9 Å². The van der Waals surface area contributed by atoms with Crippen molar-refractivity contribution in [3.63, 3.8) is 0 Å². The molecule has 34 heavy (non-hydrogen) atoms. The first kappa shape index (κ1) is 20.6. The topological polar surface area (TPSA) is 115 Å². The third-order valence-corrected chi connectivity index (χ3v) is 7.14. The Labute approximate surface area is 197 Å². The van der Waals surface area contributed by atoms with E-state index in [1.54, 1.807) is 0 Å². The molecule has 6 rings (SSSR count). The third kappa shape index (κ3) is 3.53. The number of aryl methyl sites for hydroxylation is 1. The Morgan fingerprint density at radius 1 is 1.15 bits per heavy atom. The maximum atomic E-state index is 8.60. The van der Waals surface area contributed by atoms with Gasteiger partial charge < -0.3 is 15.0 Å². The number of aromatic nitrogens is 3. The summed E-state index contributed by atoms with van der Waals surface area (Å²) in [6.07, 6.45) is 7.59. The standard InChI is InChI=1S/C26H25N7O/c27-25-24-21(14-33(26(24)30-15-29-25)20-10-16(11-20)13-31-32-28)19-7-6-18-8-9-22(34-23(18)12-19)17-4-2-1-3-5-17/h1-7,12,14-16,20,22H,8-11,13H2,(H2,27,29,30)/t16?,20?,22-/m1/s1. The zero-order valence-electron chi connectivity index (χ0n) is 18.7. The molecule has 1 aliphatic carbocycles. The fourth-order valence-corrected chi connectivity index (χ4v) is 5.27. The number of azide groups is 1. The smallest absolute Gasteiger partial charge is 0.146 e. The van der Waals surface area contributed by atoms with Gasteiger partial charge in [-0.25, -0.2) is 9.97 Å². The van der Waals surface area contributed by atoms with E-state index in [4.69, 9.17) is 16.0 Å². The van der Waals surface area contributed by atoms with Gasteiger partial charge in [0.05, 0.1) is 5.39 Å². The second-order valence-electron chi connectivity index (χ2n) is 9.19. The highest BCUT2D eigenvalue weighted by atomic mass is 16.5. The Hall–Kier alpha value is -4.03. The molecule has 1 fully saturated rings. The molecule has 2 aromatic carbocycles. The summed E-state index contributed by atoms with van der Waals surface area (Å²) in [5.74, 6) is 1.81. The van der Waals surface area contributed by atoms with Gasteiger partial charge in [-0.2, -0.15) is 0 Å². The van der Waals surface area contributed by atoms with Gasteiger partial charge in [0.15, 0.2) is 0 Å². The average Bonchev–Trinajstić information content (AvgIpc) is 3.23. The zero-order chi connectivity index (χ0) is 23.1. The summed E-state index contributed by atoms with van der Waals surface area (Å²) in [7, 11) is 0. The molecule has 1 atom stereocenters. The van der Waals surface area contributed by atoms with E-state index in [-0.39, 0.29) is 6.10 Å². The third-order valence-electron chi connectivity index (χ3n) is 7.14. The second-order valence-corrected chi connectivity index (χ2v) is 9.19. The zero-order valence-corrected chi connectivity index (χ0v) is 18.7. The maximum Gasteiger partial charge on any atom is 0.146 e. The van der Waals surface area contributed by atoms with Gasteiger partial charge in [-0.15, -0.1) is 0 Å². The Morgan fingerprint density at radius 3 is 2.82 bits per heavy atom. The number of hydrogen-bond donors (Lipinski definition) is 1. The van der Waals surface area contributed by atoms with E-state index in [9.17, 15) is 0 Å². The molecule has 8 heteroatoms. The molecule has 3 heterocycles. The van der Waals surface area contributed by atoms with Crippen molar-refractivity contribution in [3.05, 3.63) is 82.6 Å². The summed E-state index contributed by atoms with van der Waals surface area (Å²) in [5.41, 5.74) is 20.3. The summed E-state index contributed by atoms with van der Waals surface area (Å²) < 4.78 is 8.66. The molecular weight excluding hydrogens is 426 g/mol. The monoisotopic (exact) mass is 451 g/mol. The van der Waals surface area contributed by atoms with Crippen LogP contribution in [0.4, 0.5) is 5.82 Å². The normalized spacial score (nSPS) is 21.2. The van der Waals surface area contributed by atoms with Gasteiger partial charge in [0.2, 0.25) is 0 Å². The van der Waals surface area contributed by atoms with Crippen LogP contribution in [0.15, 0.2) is 66.2 Å². The Bertz CT molecular complexity index is 1400. The van der Waals surface area contributed by atoms with Crippen LogP contribution in [0.3, 0.4) is 0 Å². The van der Waals surface area contributed by atoms with E-state index >= 15 is 0 Å². The number of rotatable bonds is 5. The molecule has 1 saturated carbocycles. The van der Waals surface area contributed by atoms with Crippen LogP contribution in [-0.4, -0.2) is 21.1 Å². The molecule has 1 aliphatic heterocycles. The molecule has 2 N–H and O–H groups in total. The van der Waals surface area contributed by atoms with E-state index < -0.39 is 0 Å². The first-order valence-corrected chi connectivity index (χ1v) is 11.7. The van der Waals surface area contributed by atoms with E-state index in [1.165, 1.54) is 17.5 Å². The van der Waals surface area contributed by atoms with Crippen LogP contribution in [0.25, 0.3) is 32.6 Å². The molecular formula is C26H25N7O. The molecule has 8 nitrogen and oxygen atoms in total. The van der Waals surface area contributed by atoms with Crippen molar-refractivity contribution >= 4 is 16.9 Å². The van der Waals surface area contributed by atoms with Gasteiger partial charge in [0.25, 0.3) is 0 Å². The van der Waals surface area contributed by atoms with Gasteiger partial charge in [0.1, 0.15) is 29.6 Å². The van der Waals surface area contributed by atoms with Crippen molar-refractivity contribution < 1.29 is 4.74 Å². The lowest BCUT2D eigenvalue weighted by Gasteiger charge is -2.35. The van der Waals surface area contributed by atoms with Crippen molar-refractivity contribution in [2.45, 2.75) is 37.8 Å². The quantitative estimate of drug-likeness (QED) is 0.227. The summed E-state index contributed by atoms with van der Waals surface area (Å²) in [6, 6.07) is 17.1. The van der Waals surface area contributed by atoms with Gasteiger partial charge in [-0.1, -0.05) is 47.6 Å². The van der Waals surface area contributed by atoms with E-state index in [0.717, 1.165) is 53.6 Å². The number of fused-ring (bicyclic) bond motifs is 2. The number of nitrogens with two attached hydrogens (primary N) is 1. The first-order valence-electron chi connectivity index (χ1n) is 11.7. The van der Waals surface area contributed by atoms with Crippen LogP contribution in [-0.2, 0) is 6.42 Å². The molecule has 0 saturated heterocycles. The van der Waals surface area contributed by atoms with Crippen LogP contribution >= 0.6 is 0 Å². The highest BCUT2D eigenvalue weighted by Crippen LogP contribution is 2.44. The van der Waals surface area contributed by atoms with E-state index in [2.05, 4.69) is 73.2 Å². The summed E-state index contributed by atoms with van der Waals surface area (Å²) in [5, 5.41) is 4.60. The van der Waals surface area contributed by atoms with Gasteiger partial charge >= 0.3 is 0 Å². The van der Waals surface area contributed by atoms with Crippen LogP contribution in [0.5, 0.6) is 5.75 Å². The highest BCUT2D eigenvalue weighted by Gasteiger charge is 2.32. The van der Waals surface area contributed by atoms with Crippen LogP contribution in [0.1, 0.15) is 42.5 Å². The van der Waals surface area contributed by atoms with Crippen molar-refractivity contribution in [1.82, 2.24) is 14.5 Å². The number of nitrogen functional groups attached to an aromatic ring is 1. The van der Waals surface area contributed by atoms with Crippen LogP contribution in [0, 0.1) is 5.92 Å². The Kier molecular flexibility index (Phi) is 5.08. The highest BCUT2D eigenvalue weighted by molar-refractivity contribution is 6.00. The fraction of sp³-hybridized carbons (Fsp3) is 0.308. The minimum absolute atomic E-state index is 0.0571. The first-order chi connectivity index (χ1) is 16.7. The van der Waals surface area contributed by atoms with Crippen molar-refractivity contribution in [2.75, 3.05) is 12.3 Å². The number of benzene rings is 2. The minimum Gasteiger partial charge on any atom is -0.485 e. The largest absolute Gasteiger partial charge is 0.485 e. The number of hydrogen-bond acceptors (Lipinski definition) is 5. The lowest BCUT2D eigenvalue weighted by atomic mass is 9.80. The van der Waals surface area contributed by atoms with Crippen LogP contribution < -0.4 is 10.5 Å². The number of ether oxygens (including phenoxy) is 1. The van der Waals surface area contributed by atoms with E-state index in [1.807, 2.05) is 6.07 Å². The molecule has 0 spiro atoms.